The van der Waals surface area contributed by atoms with Gasteiger partial charge in [-0.1, -0.05) is 30.3 Å². The SMILES string of the molecule is CCOC(=O)CNC(=O)Cn1c(Cc2ccc(C#N)cc2)nc2cc(NS(=O)(=O)c3ccccc3)ccc21. The minimum absolute atomic E-state index is 0.114. The third-order valence-corrected chi connectivity index (χ3v) is 7.01. The molecule has 0 saturated heterocycles. The largest absolute Gasteiger partial charge is 0.465 e. The van der Waals surface area contributed by atoms with Crippen LogP contribution in [0.2, 0.25) is 0 Å². The molecule has 4 aromatic rings. The van der Waals surface area contributed by atoms with Gasteiger partial charge in [0.15, 0.2) is 0 Å². The van der Waals surface area contributed by atoms with Crippen molar-refractivity contribution in [3.05, 3.63) is 89.7 Å². The minimum atomic E-state index is -3.80. The third-order valence-electron chi connectivity index (χ3n) is 5.62. The van der Waals surface area contributed by atoms with Crippen LogP contribution in [0.1, 0.15) is 23.9 Å². The van der Waals surface area contributed by atoms with Crippen molar-refractivity contribution >= 4 is 38.6 Å². The number of nitrogens with zero attached hydrogens (tertiary/aromatic N) is 3. The first-order chi connectivity index (χ1) is 18.3. The fourth-order valence-corrected chi connectivity index (χ4v) is 4.90. The highest BCUT2D eigenvalue weighted by Gasteiger charge is 2.18. The molecule has 0 aliphatic heterocycles. The van der Waals surface area contributed by atoms with E-state index in [0.717, 1.165) is 5.56 Å². The van der Waals surface area contributed by atoms with Crippen LogP contribution in [0, 0.1) is 11.3 Å². The van der Waals surface area contributed by atoms with E-state index < -0.39 is 21.9 Å². The number of aromatic nitrogens is 2. The summed E-state index contributed by atoms with van der Waals surface area (Å²) < 4.78 is 34.7. The van der Waals surface area contributed by atoms with Gasteiger partial charge in [0.2, 0.25) is 5.91 Å². The molecule has 0 bridgehead atoms. The number of hydrogen-bond donors (Lipinski definition) is 2. The number of esters is 1. The summed E-state index contributed by atoms with van der Waals surface area (Å²) in [4.78, 5) is 29.1. The lowest BCUT2D eigenvalue weighted by molar-refractivity contribution is -0.143. The number of carbonyl (C=O) groups excluding carboxylic acids is 2. The molecule has 3 aromatic carbocycles. The summed E-state index contributed by atoms with van der Waals surface area (Å²) in [6.45, 7) is 1.53. The van der Waals surface area contributed by atoms with Crippen molar-refractivity contribution in [1.82, 2.24) is 14.9 Å². The van der Waals surface area contributed by atoms with Crippen molar-refractivity contribution in [2.24, 2.45) is 0 Å². The van der Waals surface area contributed by atoms with Gasteiger partial charge in [0.1, 0.15) is 18.9 Å². The Morgan fingerprint density at radius 3 is 2.47 bits per heavy atom. The fourth-order valence-electron chi connectivity index (χ4n) is 3.83. The standard InChI is InChI=1S/C27H25N5O5S/c1-2-37-27(34)17-29-26(33)18-32-24-13-12-21(31-38(35,36)22-6-4-3-5-7-22)15-23(24)30-25(32)14-19-8-10-20(16-28)11-9-19/h3-13,15,31H,2,14,17-18H2,1H3,(H,29,33). The zero-order chi connectivity index (χ0) is 27.1. The number of benzene rings is 3. The van der Waals surface area contributed by atoms with E-state index >= 15 is 0 Å². The van der Waals surface area contributed by atoms with Gasteiger partial charge in [-0.05, 0) is 55.0 Å². The van der Waals surface area contributed by atoms with Gasteiger partial charge in [-0.2, -0.15) is 5.26 Å². The van der Waals surface area contributed by atoms with Crippen molar-refractivity contribution in [2.75, 3.05) is 17.9 Å². The Morgan fingerprint density at radius 1 is 1.05 bits per heavy atom. The number of sulfonamides is 1. The smallest absolute Gasteiger partial charge is 0.325 e. The first-order valence-electron chi connectivity index (χ1n) is 11.8. The lowest BCUT2D eigenvalue weighted by atomic mass is 10.1. The Bertz CT molecular complexity index is 1610. The molecule has 38 heavy (non-hydrogen) atoms. The van der Waals surface area contributed by atoms with E-state index in [1.807, 2.05) is 12.1 Å². The lowest BCUT2D eigenvalue weighted by Crippen LogP contribution is -2.33. The maximum Gasteiger partial charge on any atom is 0.325 e. The maximum atomic E-state index is 12.8. The number of hydrogen-bond acceptors (Lipinski definition) is 7. The molecule has 2 N–H and O–H groups in total. The molecule has 1 amide bonds. The van der Waals surface area contributed by atoms with Crippen LogP contribution in [0.25, 0.3) is 11.0 Å². The number of nitrogens with one attached hydrogen (secondary N) is 2. The normalized spacial score (nSPS) is 11.1. The van der Waals surface area contributed by atoms with Crippen LogP contribution in [0.4, 0.5) is 5.69 Å². The quantitative estimate of drug-likeness (QED) is 0.300. The zero-order valence-electron chi connectivity index (χ0n) is 20.5. The van der Waals surface area contributed by atoms with Crippen LogP contribution in [0.3, 0.4) is 0 Å². The van der Waals surface area contributed by atoms with Gasteiger partial charge in [0.25, 0.3) is 10.0 Å². The van der Waals surface area contributed by atoms with E-state index in [2.05, 4.69) is 21.1 Å². The summed E-state index contributed by atoms with van der Waals surface area (Å²) in [5.41, 5.74) is 2.82. The number of fused-ring (bicyclic) bond motifs is 1. The van der Waals surface area contributed by atoms with E-state index in [1.54, 1.807) is 60.0 Å². The predicted octanol–water partition coefficient (Wildman–Crippen LogP) is 2.98. The van der Waals surface area contributed by atoms with E-state index in [-0.39, 0.29) is 24.6 Å². The Hall–Kier alpha value is -4.69. The molecule has 0 saturated carbocycles. The summed E-state index contributed by atoms with van der Waals surface area (Å²) in [7, 11) is -3.80. The number of rotatable bonds is 10. The van der Waals surface area contributed by atoms with Crippen molar-refractivity contribution < 1.29 is 22.7 Å². The molecule has 1 heterocycles. The monoisotopic (exact) mass is 531 g/mol. The second kappa shape index (κ2) is 11.6. The van der Waals surface area contributed by atoms with Crippen LogP contribution in [-0.4, -0.2) is 43.0 Å². The molecule has 0 aliphatic rings. The molecule has 0 unspecified atom stereocenters. The second-order valence-corrected chi connectivity index (χ2v) is 9.99. The average molecular weight is 532 g/mol. The fraction of sp³-hybridized carbons (Fsp3) is 0.185. The van der Waals surface area contributed by atoms with E-state index in [4.69, 9.17) is 10.00 Å². The van der Waals surface area contributed by atoms with Gasteiger partial charge in [-0.15, -0.1) is 0 Å². The van der Waals surface area contributed by atoms with Crippen molar-refractivity contribution in [1.29, 1.82) is 5.26 Å². The van der Waals surface area contributed by atoms with Gasteiger partial charge < -0.3 is 14.6 Å². The van der Waals surface area contributed by atoms with Gasteiger partial charge in [0, 0.05) is 6.42 Å². The molecule has 4 rings (SSSR count). The molecule has 10 nitrogen and oxygen atoms in total. The number of nitriles is 1. The molecule has 0 aliphatic carbocycles. The van der Waals surface area contributed by atoms with Crippen LogP contribution in [0.15, 0.2) is 77.7 Å². The van der Waals surface area contributed by atoms with Gasteiger partial charge >= 0.3 is 5.97 Å². The summed E-state index contributed by atoms with van der Waals surface area (Å²) in [5.74, 6) is -0.393. The number of amides is 1. The Kier molecular flexibility index (Phi) is 8.03. The van der Waals surface area contributed by atoms with E-state index in [1.165, 1.54) is 12.1 Å². The highest BCUT2D eigenvalue weighted by Crippen LogP contribution is 2.24. The summed E-state index contributed by atoms with van der Waals surface area (Å²) in [6.07, 6.45) is 0.358. The third kappa shape index (κ3) is 6.35. The molecular weight excluding hydrogens is 506 g/mol. The Labute approximate surface area is 219 Å². The Balaban J connectivity index is 1.64. The topological polar surface area (TPSA) is 143 Å². The van der Waals surface area contributed by atoms with Crippen molar-refractivity contribution in [3.8, 4) is 6.07 Å². The highest BCUT2D eigenvalue weighted by molar-refractivity contribution is 7.92. The van der Waals surface area contributed by atoms with Gasteiger partial charge in [0.05, 0.1) is 39.9 Å². The number of imidazole rings is 1. The molecule has 0 spiro atoms. The van der Waals surface area contributed by atoms with E-state index in [0.29, 0.717) is 34.5 Å². The summed E-state index contributed by atoms with van der Waals surface area (Å²) >= 11 is 0. The number of ether oxygens (including phenoxy) is 1. The summed E-state index contributed by atoms with van der Waals surface area (Å²) in [5, 5.41) is 11.6. The number of carbonyl (C=O) groups is 2. The molecule has 0 radical (unpaired) electrons. The number of anilines is 1. The molecular formula is C27H25N5O5S. The second-order valence-electron chi connectivity index (χ2n) is 8.30. The predicted molar refractivity (Wildman–Crippen MR) is 141 cm³/mol. The van der Waals surface area contributed by atoms with Crippen LogP contribution in [0.5, 0.6) is 0 Å². The van der Waals surface area contributed by atoms with Crippen molar-refractivity contribution in [3.63, 3.8) is 0 Å². The van der Waals surface area contributed by atoms with Gasteiger partial charge in [-0.25, -0.2) is 13.4 Å². The van der Waals surface area contributed by atoms with E-state index in [9.17, 15) is 18.0 Å². The molecule has 1 aromatic heterocycles. The highest BCUT2D eigenvalue weighted by atomic mass is 32.2. The van der Waals surface area contributed by atoms with Gasteiger partial charge in [-0.3, -0.25) is 14.3 Å². The minimum Gasteiger partial charge on any atom is -0.465 e. The van der Waals surface area contributed by atoms with Crippen LogP contribution < -0.4 is 10.0 Å². The first-order valence-corrected chi connectivity index (χ1v) is 13.3. The average Bonchev–Trinajstić information content (AvgIpc) is 3.24. The molecule has 11 heteroatoms. The van der Waals surface area contributed by atoms with Crippen LogP contribution >= 0.6 is 0 Å². The lowest BCUT2D eigenvalue weighted by Gasteiger charge is -2.11. The summed E-state index contributed by atoms with van der Waals surface area (Å²) in [6, 6.07) is 22.0. The maximum absolute atomic E-state index is 12.8. The molecule has 0 atom stereocenters. The van der Waals surface area contributed by atoms with Crippen molar-refractivity contribution in [2.45, 2.75) is 24.8 Å². The molecule has 0 fully saturated rings. The molecule has 194 valence electrons. The first kappa shape index (κ1) is 26.4. The Morgan fingerprint density at radius 2 is 1.79 bits per heavy atom. The van der Waals surface area contributed by atoms with Crippen LogP contribution in [-0.2, 0) is 37.3 Å². The zero-order valence-corrected chi connectivity index (χ0v) is 21.4.